The van der Waals surface area contributed by atoms with Crippen LogP contribution in [0.15, 0.2) is 30.3 Å². The van der Waals surface area contributed by atoms with Crippen molar-refractivity contribution in [3.63, 3.8) is 0 Å². The molecule has 1 unspecified atom stereocenters. The van der Waals surface area contributed by atoms with E-state index in [0.29, 0.717) is 0 Å². The summed E-state index contributed by atoms with van der Waals surface area (Å²) in [4.78, 5) is 14.6. The minimum absolute atomic E-state index is 0.0655. The number of thioether (sulfide) groups is 1. The molecule has 1 amide bonds. The van der Waals surface area contributed by atoms with E-state index in [9.17, 15) is 4.79 Å². The molecule has 0 spiro atoms. The molecule has 1 fully saturated rings. The predicted octanol–water partition coefficient (Wildman–Crippen LogP) is 1.91. The molecular formula is C14H20N2OS. The first-order valence-corrected chi connectivity index (χ1v) is 7.69. The van der Waals surface area contributed by atoms with Crippen molar-refractivity contribution in [1.82, 2.24) is 10.2 Å². The van der Waals surface area contributed by atoms with Gasteiger partial charge in [0.15, 0.2) is 0 Å². The van der Waals surface area contributed by atoms with Crippen LogP contribution in [0.2, 0.25) is 0 Å². The maximum Gasteiger partial charge on any atom is 0.240 e. The van der Waals surface area contributed by atoms with Crippen LogP contribution in [0.25, 0.3) is 0 Å². The molecule has 0 aliphatic carbocycles. The van der Waals surface area contributed by atoms with Gasteiger partial charge in [0.2, 0.25) is 5.91 Å². The summed E-state index contributed by atoms with van der Waals surface area (Å²) in [7, 11) is 0. The minimum atomic E-state index is -0.0655. The normalized spacial score (nSPS) is 18.2. The van der Waals surface area contributed by atoms with E-state index in [1.807, 2.05) is 41.5 Å². The molecule has 0 bridgehead atoms. The van der Waals surface area contributed by atoms with E-state index in [2.05, 4.69) is 5.32 Å². The predicted molar refractivity (Wildman–Crippen MR) is 76.8 cm³/mol. The molecule has 0 saturated carbocycles. The molecule has 4 heteroatoms. The number of hydrogen-bond acceptors (Lipinski definition) is 3. The molecule has 2 rings (SSSR count). The fourth-order valence-corrected chi connectivity index (χ4v) is 3.02. The monoisotopic (exact) mass is 264 g/mol. The Bertz CT molecular complexity index is 375. The van der Waals surface area contributed by atoms with Crippen molar-refractivity contribution >= 4 is 17.7 Å². The second-order valence-corrected chi connectivity index (χ2v) is 5.40. The number of rotatable bonds is 3. The summed E-state index contributed by atoms with van der Waals surface area (Å²) >= 11 is 1.62. The molecule has 1 aromatic carbocycles. The number of benzene rings is 1. The Hall–Kier alpha value is -1.00. The molecule has 1 atom stereocenters. The van der Waals surface area contributed by atoms with Crippen LogP contribution in [0.1, 0.15) is 17.2 Å². The van der Waals surface area contributed by atoms with Crippen molar-refractivity contribution < 1.29 is 4.79 Å². The molecule has 0 radical (unpaired) electrons. The molecular weight excluding hydrogens is 244 g/mol. The van der Waals surface area contributed by atoms with Crippen LogP contribution in [-0.4, -0.2) is 43.2 Å². The Labute approximate surface area is 113 Å². The Balaban J connectivity index is 2.09. The fraction of sp³-hybridized carbons (Fsp3) is 0.500. The lowest BCUT2D eigenvalue weighted by Gasteiger charge is -2.25. The van der Waals surface area contributed by atoms with Gasteiger partial charge in [-0.15, -0.1) is 11.8 Å². The average Bonchev–Trinajstić information content (AvgIpc) is 2.69. The number of nitrogens with one attached hydrogen (secondary N) is 1. The molecule has 1 aliphatic rings. The molecule has 0 aromatic heterocycles. The first kappa shape index (κ1) is 13.4. The van der Waals surface area contributed by atoms with Gasteiger partial charge in [0.05, 0.1) is 0 Å². The minimum Gasteiger partial charge on any atom is -0.340 e. The Morgan fingerprint density at radius 2 is 2.06 bits per heavy atom. The van der Waals surface area contributed by atoms with E-state index in [0.717, 1.165) is 38.2 Å². The highest BCUT2D eigenvalue weighted by Crippen LogP contribution is 2.28. The highest BCUT2D eigenvalue weighted by Gasteiger charge is 2.25. The van der Waals surface area contributed by atoms with Crippen LogP contribution in [-0.2, 0) is 4.79 Å². The summed E-state index contributed by atoms with van der Waals surface area (Å²) in [5, 5.41) is 3.26. The third-order valence-corrected chi connectivity index (χ3v) is 4.16. The van der Waals surface area contributed by atoms with E-state index >= 15 is 0 Å². The molecule has 18 heavy (non-hydrogen) atoms. The number of carbonyl (C=O) groups is 1. The van der Waals surface area contributed by atoms with Gasteiger partial charge in [-0.25, -0.2) is 0 Å². The Morgan fingerprint density at radius 1 is 1.28 bits per heavy atom. The number of amides is 1. The van der Waals surface area contributed by atoms with Crippen molar-refractivity contribution in [3.05, 3.63) is 35.9 Å². The summed E-state index contributed by atoms with van der Waals surface area (Å²) in [5.74, 6) is 0.248. The zero-order valence-electron chi connectivity index (χ0n) is 10.8. The average molecular weight is 264 g/mol. The number of carbonyl (C=O) groups excluding carboxylic acids is 1. The van der Waals surface area contributed by atoms with Crippen molar-refractivity contribution in [2.45, 2.75) is 11.7 Å². The third kappa shape index (κ3) is 3.27. The Kier molecular flexibility index (Phi) is 5.08. The summed E-state index contributed by atoms with van der Waals surface area (Å²) in [6, 6.07) is 10.1. The largest absolute Gasteiger partial charge is 0.340 e. The molecule has 98 valence electrons. The summed E-state index contributed by atoms with van der Waals surface area (Å²) in [5.41, 5.74) is 1.10. The van der Waals surface area contributed by atoms with Gasteiger partial charge in [-0.1, -0.05) is 30.3 Å². The van der Waals surface area contributed by atoms with Gasteiger partial charge in [-0.05, 0) is 24.8 Å². The maximum atomic E-state index is 12.6. The standard InChI is InChI=1S/C14H20N2OS/c1-18-13(12-6-3-2-4-7-12)14(17)16-10-5-8-15-9-11-16/h2-4,6-7,13,15H,5,8-11H2,1H3. The highest BCUT2D eigenvalue weighted by molar-refractivity contribution is 7.99. The molecule has 1 saturated heterocycles. The van der Waals surface area contributed by atoms with Gasteiger partial charge in [0.25, 0.3) is 0 Å². The molecule has 1 N–H and O–H groups in total. The SMILES string of the molecule is CSC(C(=O)N1CCCNCC1)c1ccccc1. The quantitative estimate of drug-likeness (QED) is 0.905. The van der Waals surface area contributed by atoms with Crippen LogP contribution >= 0.6 is 11.8 Å². The summed E-state index contributed by atoms with van der Waals surface area (Å²) in [6.45, 7) is 3.61. The first-order valence-electron chi connectivity index (χ1n) is 6.40. The second-order valence-electron chi connectivity index (χ2n) is 4.46. The number of hydrogen-bond donors (Lipinski definition) is 1. The van der Waals surface area contributed by atoms with E-state index < -0.39 is 0 Å². The van der Waals surface area contributed by atoms with Gasteiger partial charge in [0.1, 0.15) is 5.25 Å². The topological polar surface area (TPSA) is 32.3 Å². The van der Waals surface area contributed by atoms with E-state index in [1.54, 1.807) is 11.8 Å². The molecule has 1 aliphatic heterocycles. The van der Waals surface area contributed by atoms with Crippen molar-refractivity contribution in [2.75, 3.05) is 32.4 Å². The van der Waals surface area contributed by atoms with Crippen molar-refractivity contribution in [1.29, 1.82) is 0 Å². The van der Waals surface area contributed by atoms with E-state index in [1.165, 1.54) is 0 Å². The lowest BCUT2D eigenvalue weighted by Crippen LogP contribution is -2.36. The van der Waals surface area contributed by atoms with Crippen LogP contribution < -0.4 is 5.32 Å². The van der Waals surface area contributed by atoms with Gasteiger partial charge >= 0.3 is 0 Å². The van der Waals surface area contributed by atoms with Crippen molar-refractivity contribution in [2.24, 2.45) is 0 Å². The third-order valence-electron chi connectivity index (χ3n) is 3.21. The second kappa shape index (κ2) is 6.81. The molecule has 3 nitrogen and oxygen atoms in total. The lowest BCUT2D eigenvalue weighted by atomic mass is 10.1. The lowest BCUT2D eigenvalue weighted by molar-refractivity contribution is -0.130. The van der Waals surface area contributed by atoms with Crippen molar-refractivity contribution in [3.8, 4) is 0 Å². The Morgan fingerprint density at radius 3 is 2.78 bits per heavy atom. The summed E-state index contributed by atoms with van der Waals surface area (Å²) in [6.07, 6.45) is 3.05. The van der Waals surface area contributed by atoms with Gasteiger partial charge < -0.3 is 10.2 Å². The zero-order chi connectivity index (χ0) is 12.8. The zero-order valence-corrected chi connectivity index (χ0v) is 11.6. The van der Waals surface area contributed by atoms with Gasteiger partial charge in [0, 0.05) is 19.6 Å². The highest BCUT2D eigenvalue weighted by atomic mass is 32.2. The van der Waals surface area contributed by atoms with Crippen LogP contribution in [0.4, 0.5) is 0 Å². The molecule has 1 aromatic rings. The van der Waals surface area contributed by atoms with Crippen LogP contribution in [0.3, 0.4) is 0 Å². The number of nitrogens with zero attached hydrogens (tertiary/aromatic N) is 1. The van der Waals surface area contributed by atoms with Crippen LogP contribution in [0, 0.1) is 0 Å². The summed E-state index contributed by atoms with van der Waals surface area (Å²) < 4.78 is 0. The molecule has 1 heterocycles. The maximum absolute atomic E-state index is 12.6. The van der Waals surface area contributed by atoms with Gasteiger partial charge in [-0.3, -0.25) is 4.79 Å². The smallest absolute Gasteiger partial charge is 0.240 e. The van der Waals surface area contributed by atoms with Crippen LogP contribution in [0.5, 0.6) is 0 Å². The van der Waals surface area contributed by atoms with Gasteiger partial charge in [-0.2, -0.15) is 0 Å². The van der Waals surface area contributed by atoms with E-state index in [4.69, 9.17) is 0 Å². The van der Waals surface area contributed by atoms with E-state index in [-0.39, 0.29) is 11.2 Å². The first-order chi connectivity index (χ1) is 8.83. The fourth-order valence-electron chi connectivity index (χ4n) is 2.24.